The first-order chi connectivity index (χ1) is 8.46. The number of alkyl halides is 2. The molecule has 1 aromatic carbocycles. The molecule has 6 heteroatoms. The van der Waals surface area contributed by atoms with Crippen LogP contribution in [0, 0.1) is 0 Å². The van der Waals surface area contributed by atoms with Crippen molar-refractivity contribution in [1.82, 2.24) is 4.90 Å². The molecular formula is C12H13BrF2N2O. The normalized spacial score (nSPS) is 18.8. The first kappa shape index (κ1) is 13.4. The average molecular weight is 319 g/mol. The van der Waals surface area contributed by atoms with Crippen LogP contribution in [-0.4, -0.2) is 36.4 Å². The molecule has 1 heterocycles. The summed E-state index contributed by atoms with van der Waals surface area (Å²) in [7, 11) is 0. The summed E-state index contributed by atoms with van der Waals surface area (Å²) in [5.41, 5.74) is 0.647. The molecule has 18 heavy (non-hydrogen) atoms. The highest BCUT2D eigenvalue weighted by Crippen LogP contribution is 2.26. The van der Waals surface area contributed by atoms with Crippen LogP contribution in [0.4, 0.5) is 14.5 Å². The second-order valence-electron chi connectivity index (χ2n) is 4.34. The highest BCUT2D eigenvalue weighted by molar-refractivity contribution is 9.10. The first-order valence-corrected chi connectivity index (χ1v) is 6.40. The summed E-state index contributed by atoms with van der Waals surface area (Å²) in [5, 5.41) is 2.69. The molecule has 0 aliphatic carbocycles. The number of halogens is 3. The van der Waals surface area contributed by atoms with Gasteiger partial charge in [-0.15, -0.1) is 0 Å². The standard InChI is InChI=1S/C12H13BrF2N2O/c13-9-3-1-2-4-10(9)16-11(18)7-17-6-5-12(14,15)8-17/h1-4H,5-8H2,(H,16,18). The van der Waals surface area contributed by atoms with Gasteiger partial charge in [-0.25, -0.2) is 8.78 Å². The number of nitrogens with one attached hydrogen (secondary N) is 1. The number of carbonyl (C=O) groups excluding carboxylic acids is 1. The van der Waals surface area contributed by atoms with Gasteiger partial charge < -0.3 is 5.32 Å². The smallest absolute Gasteiger partial charge is 0.261 e. The van der Waals surface area contributed by atoms with E-state index in [4.69, 9.17) is 0 Å². The van der Waals surface area contributed by atoms with Gasteiger partial charge in [0.2, 0.25) is 5.91 Å². The predicted molar refractivity (Wildman–Crippen MR) is 68.8 cm³/mol. The molecular weight excluding hydrogens is 306 g/mol. The molecule has 2 rings (SSSR count). The number of hydrogen-bond donors (Lipinski definition) is 1. The van der Waals surface area contributed by atoms with E-state index in [0.717, 1.165) is 4.47 Å². The predicted octanol–water partition coefficient (Wildman–Crippen LogP) is 2.73. The number of hydrogen-bond acceptors (Lipinski definition) is 2. The molecule has 1 aliphatic heterocycles. The molecule has 0 unspecified atom stereocenters. The van der Waals surface area contributed by atoms with E-state index >= 15 is 0 Å². The van der Waals surface area contributed by atoms with Crippen LogP contribution in [0.1, 0.15) is 6.42 Å². The van der Waals surface area contributed by atoms with Gasteiger partial charge in [0.05, 0.1) is 18.8 Å². The molecule has 1 amide bonds. The number of likely N-dealkylation sites (tertiary alicyclic amines) is 1. The summed E-state index contributed by atoms with van der Waals surface area (Å²) >= 11 is 3.31. The quantitative estimate of drug-likeness (QED) is 0.929. The Hall–Kier alpha value is -1.01. The Morgan fingerprint density at radius 3 is 2.78 bits per heavy atom. The van der Waals surface area contributed by atoms with Gasteiger partial charge in [-0.05, 0) is 28.1 Å². The molecule has 1 N–H and O–H groups in total. The molecule has 98 valence electrons. The van der Waals surface area contributed by atoms with Crippen molar-refractivity contribution in [2.45, 2.75) is 12.3 Å². The van der Waals surface area contributed by atoms with E-state index < -0.39 is 5.92 Å². The molecule has 0 aromatic heterocycles. The summed E-state index contributed by atoms with van der Waals surface area (Å²) < 4.78 is 26.7. The van der Waals surface area contributed by atoms with Crippen molar-refractivity contribution in [1.29, 1.82) is 0 Å². The molecule has 1 aliphatic rings. The second kappa shape index (κ2) is 5.32. The molecule has 0 radical (unpaired) electrons. The highest BCUT2D eigenvalue weighted by Gasteiger charge is 2.38. The van der Waals surface area contributed by atoms with E-state index in [1.807, 2.05) is 6.07 Å². The maximum absolute atomic E-state index is 13.0. The third-order valence-corrected chi connectivity index (χ3v) is 3.46. The van der Waals surface area contributed by atoms with Crippen molar-refractivity contribution in [2.24, 2.45) is 0 Å². The molecule has 1 fully saturated rings. The minimum absolute atomic E-state index is 0.00305. The van der Waals surface area contributed by atoms with E-state index in [0.29, 0.717) is 5.69 Å². The fourth-order valence-electron chi connectivity index (χ4n) is 1.90. The van der Waals surface area contributed by atoms with E-state index in [1.54, 1.807) is 18.2 Å². The minimum atomic E-state index is -2.66. The number of para-hydroxylation sites is 1. The largest absolute Gasteiger partial charge is 0.324 e. The van der Waals surface area contributed by atoms with Gasteiger partial charge in [0.1, 0.15) is 0 Å². The van der Waals surface area contributed by atoms with E-state index in [1.165, 1.54) is 4.90 Å². The molecule has 0 atom stereocenters. The maximum atomic E-state index is 13.0. The monoisotopic (exact) mass is 318 g/mol. The van der Waals surface area contributed by atoms with Crippen molar-refractivity contribution >= 4 is 27.5 Å². The van der Waals surface area contributed by atoms with Gasteiger partial charge in [0.25, 0.3) is 5.92 Å². The average Bonchev–Trinajstić information content (AvgIpc) is 2.61. The van der Waals surface area contributed by atoms with Gasteiger partial charge >= 0.3 is 0 Å². The minimum Gasteiger partial charge on any atom is -0.324 e. The van der Waals surface area contributed by atoms with Crippen molar-refractivity contribution in [2.75, 3.05) is 25.0 Å². The summed E-state index contributed by atoms with van der Waals surface area (Å²) in [6.07, 6.45) is -0.171. The van der Waals surface area contributed by atoms with E-state index in [2.05, 4.69) is 21.2 Å². The van der Waals surface area contributed by atoms with E-state index in [9.17, 15) is 13.6 Å². The van der Waals surface area contributed by atoms with Gasteiger partial charge in [0.15, 0.2) is 0 Å². The first-order valence-electron chi connectivity index (χ1n) is 5.61. The molecule has 0 saturated carbocycles. The zero-order valence-corrected chi connectivity index (χ0v) is 11.2. The van der Waals surface area contributed by atoms with Crippen molar-refractivity contribution in [3.05, 3.63) is 28.7 Å². The van der Waals surface area contributed by atoms with Gasteiger partial charge in [-0.1, -0.05) is 12.1 Å². The molecule has 1 aromatic rings. The van der Waals surface area contributed by atoms with Crippen molar-refractivity contribution < 1.29 is 13.6 Å². The lowest BCUT2D eigenvalue weighted by atomic mass is 10.3. The lowest BCUT2D eigenvalue weighted by Crippen LogP contribution is -2.33. The van der Waals surface area contributed by atoms with Crippen molar-refractivity contribution in [3.8, 4) is 0 Å². The Bertz CT molecular complexity index is 453. The van der Waals surface area contributed by atoms with Crippen LogP contribution in [-0.2, 0) is 4.79 Å². The SMILES string of the molecule is O=C(CN1CCC(F)(F)C1)Nc1ccccc1Br. The lowest BCUT2D eigenvalue weighted by Gasteiger charge is -2.15. The van der Waals surface area contributed by atoms with Crippen LogP contribution < -0.4 is 5.32 Å². The van der Waals surface area contributed by atoms with Crippen molar-refractivity contribution in [3.63, 3.8) is 0 Å². The zero-order chi connectivity index (χ0) is 13.2. The Morgan fingerprint density at radius 2 is 2.17 bits per heavy atom. The van der Waals surface area contributed by atoms with Crippen LogP contribution >= 0.6 is 15.9 Å². The zero-order valence-electron chi connectivity index (χ0n) is 9.63. The number of nitrogens with zero attached hydrogens (tertiary/aromatic N) is 1. The molecule has 0 bridgehead atoms. The summed E-state index contributed by atoms with van der Waals surface area (Å²) in [6.45, 7) is -0.0797. The number of carbonyl (C=O) groups is 1. The number of benzene rings is 1. The Labute approximate surface area is 112 Å². The van der Waals surface area contributed by atoms with E-state index in [-0.39, 0.29) is 32.0 Å². The summed E-state index contributed by atoms with van der Waals surface area (Å²) in [6, 6.07) is 7.19. The Balaban J connectivity index is 1.88. The summed E-state index contributed by atoms with van der Waals surface area (Å²) in [5.74, 6) is -2.94. The topological polar surface area (TPSA) is 32.3 Å². The number of rotatable bonds is 3. The fourth-order valence-corrected chi connectivity index (χ4v) is 2.28. The maximum Gasteiger partial charge on any atom is 0.261 e. The molecule has 1 saturated heterocycles. The molecule has 0 spiro atoms. The van der Waals surface area contributed by atoms with Gasteiger partial charge in [0, 0.05) is 17.4 Å². The molecule has 3 nitrogen and oxygen atoms in total. The van der Waals surface area contributed by atoms with Crippen LogP contribution in [0.5, 0.6) is 0 Å². The highest BCUT2D eigenvalue weighted by atomic mass is 79.9. The third-order valence-electron chi connectivity index (χ3n) is 2.76. The van der Waals surface area contributed by atoms with Crippen LogP contribution in [0.15, 0.2) is 28.7 Å². The Morgan fingerprint density at radius 1 is 1.44 bits per heavy atom. The third kappa shape index (κ3) is 3.49. The Kier molecular flexibility index (Phi) is 3.97. The lowest BCUT2D eigenvalue weighted by molar-refractivity contribution is -0.117. The summed E-state index contributed by atoms with van der Waals surface area (Å²) in [4.78, 5) is 13.2. The van der Waals surface area contributed by atoms with Crippen LogP contribution in [0.25, 0.3) is 0 Å². The van der Waals surface area contributed by atoms with Crippen LogP contribution in [0.3, 0.4) is 0 Å². The van der Waals surface area contributed by atoms with Gasteiger partial charge in [-0.2, -0.15) is 0 Å². The van der Waals surface area contributed by atoms with Crippen LogP contribution in [0.2, 0.25) is 0 Å². The van der Waals surface area contributed by atoms with Gasteiger partial charge in [-0.3, -0.25) is 9.69 Å². The second-order valence-corrected chi connectivity index (χ2v) is 5.20. The number of amides is 1. The number of anilines is 1. The fraction of sp³-hybridized carbons (Fsp3) is 0.417.